The number of halogens is 1. The number of nitro benzene ring substituents is 1. The average Bonchev–Trinajstić information content (AvgIpc) is 2.67. The van der Waals surface area contributed by atoms with E-state index in [0.29, 0.717) is 23.8 Å². The first-order chi connectivity index (χ1) is 14.5. The number of hydrogen-bond donors (Lipinski definition) is 0. The second kappa shape index (κ2) is 9.22. The minimum atomic E-state index is -1.15. The molecular weight excluding hydrogens is 427 g/mol. The monoisotopic (exact) mass is 454 g/mol. The summed E-state index contributed by atoms with van der Waals surface area (Å²) in [5.41, 5.74) is -1.89. The molecule has 0 radical (unpaired) electrons. The van der Waals surface area contributed by atoms with E-state index in [2.05, 4.69) is 0 Å². The molecule has 170 valence electrons. The number of rotatable bonds is 6. The molecular formula is C21H27FN2O6S. The molecule has 0 aliphatic carbocycles. The van der Waals surface area contributed by atoms with E-state index in [1.807, 2.05) is 0 Å². The molecule has 0 spiro atoms. The number of aliphatic imine (C=N–C) groups is 1. The van der Waals surface area contributed by atoms with Crippen LogP contribution in [0.25, 0.3) is 0 Å². The van der Waals surface area contributed by atoms with E-state index in [0.717, 1.165) is 12.1 Å². The lowest BCUT2D eigenvalue weighted by molar-refractivity contribution is -0.385. The molecule has 3 rings (SSSR count). The molecule has 0 saturated carbocycles. The molecule has 2 heterocycles. The summed E-state index contributed by atoms with van der Waals surface area (Å²) >= 11 is 1.43. The molecule has 10 heteroatoms. The number of carbonyl (C=O) groups excluding carboxylic acids is 1. The van der Waals surface area contributed by atoms with Crippen LogP contribution >= 0.6 is 11.8 Å². The third kappa shape index (κ3) is 5.42. The van der Waals surface area contributed by atoms with Gasteiger partial charge in [-0.1, -0.05) is 0 Å². The highest BCUT2D eigenvalue weighted by atomic mass is 32.2. The molecule has 2 aliphatic rings. The number of carbonyl (C=O) groups is 1. The summed E-state index contributed by atoms with van der Waals surface area (Å²) in [6, 6.07) is 3.45. The first-order valence-corrected chi connectivity index (χ1v) is 11.0. The Morgan fingerprint density at radius 3 is 2.84 bits per heavy atom. The van der Waals surface area contributed by atoms with E-state index < -0.39 is 27.8 Å². The first kappa shape index (κ1) is 23.6. The zero-order valence-electron chi connectivity index (χ0n) is 18.1. The van der Waals surface area contributed by atoms with Crippen LogP contribution in [-0.4, -0.2) is 53.7 Å². The number of methoxy groups -OCH3 is 1. The predicted molar refractivity (Wildman–Crippen MR) is 115 cm³/mol. The Kier molecular flexibility index (Phi) is 7.02. The summed E-state index contributed by atoms with van der Waals surface area (Å²) in [7, 11) is 1.58. The summed E-state index contributed by atoms with van der Waals surface area (Å²) < 4.78 is 31.5. The van der Waals surface area contributed by atoms with Gasteiger partial charge in [-0.15, -0.1) is 11.8 Å². The Hall–Kier alpha value is -2.04. The van der Waals surface area contributed by atoms with Gasteiger partial charge in [0.2, 0.25) is 0 Å². The third-order valence-corrected chi connectivity index (χ3v) is 6.37. The Labute approximate surface area is 184 Å². The molecule has 1 aromatic rings. The third-order valence-electron chi connectivity index (χ3n) is 5.23. The van der Waals surface area contributed by atoms with Crippen LogP contribution in [0.3, 0.4) is 0 Å². The lowest BCUT2D eigenvalue weighted by Crippen LogP contribution is -2.50. The first-order valence-electron chi connectivity index (χ1n) is 10.0. The van der Waals surface area contributed by atoms with Crippen molar-refractivity contribution in [3.8, 4) is 0 Å². The predicted octanol–water partition coefficient (Wildman–Crippen LogP) is 3.86. The normalized spacial score (nSPS) is 26.0. The van der Waals surface area contributed by atoms with Crippen molar-refractivity contribution in [2.75, 3.05) is 26.1 Å². The molecule has 2 aliphatic heterocycles. The van der Waals surface area contributed by atoms with Crippen LogP contribution < -0.4 is 0 Å². The van der Waals surface area contributed by atoms with Crippen LogP contribution in [0.15, 0.2) is 23.2 Å². The highest BCUT2D eigenvalue weighted by Crippen LogP contribution is 2.48. The second-order valence-electron chi connectivity index (χ2n) is 8.75. The molecule has 1 fully saturated rings. The van der Waals surface area contributed by atoms with Gasteiger partial charge in [-0.25, -0.2) is 4.39 Å². The van der Waals surface area contributed by atoms with Crippen molar-refractivity contribution in [3.63, 3.8) is 0 Å². The fourth-order valence-corrected chi connectivity index (χ4v) is 5.19. The molecule has 0 bridgehead atoms. The SMILES string of the molecule is COC[C@H]1C[C@H]2CSC(CC(=O)OC(C)(C)C)=N[C@@]2(c2cc([N+](=O)[O-])ccc2F)CO1. The van der Waals surface area contributed by atoms with Crippen LogP contribution in [0.1, 0.15) is 39.2 Å². The minimum Gasteiger partial charge on any atom is -0.460 e. The Balaban J connectivity index is 2.00. The Bertz CT molecular complexity index is 887. The van der Waals surface area contributed by atoms with Crippen LogP contribution in [0.2, 0.25) is 0 Å². The van der Waals surface area contributed by atoms with Gasteiger partial charge in [0.05, 0.1) is 35.7 Å². The lowest BCUT2D eigenvalue weighted by Gasteiger charge is -2.46. The van der Waals surface area contributed by atoms with Gasteiger partial charge < -0.3 is 14.2 Å². The van der Waals surface area contributed by atoms with Gasteiger partial charge in [0.1, 0.15) is 17.0 Å². The van der Waals surface area contributed by atoms with Crippen molar-refractivity contribution < 1.29 is 28.3 Å². The van der Waals surface area contributed by atoms with E-state index in [9.17, 15) is 19.3 Å². The number of nitro groups is 1. The van der Waals surface area contributed by atoms with Gasteiger partial charge in [0, 0.05) is 36.5 Å². The van der Waals surface area contributed by atoms with Gasteiger partial charge in [0.25, 0.3) is 5.69 Å². The minimum absolute atomic E-state index is 0.0438. The van der Waals surface area contributed by atoms with Crippen molar-refractivity contribution in [2.24, 2.45) is 10.9 Å². The van der Waals surface area contributed by atoms with Gasteiger partial charge in [-0.3, -0.25) is 19.9 Å². The Morgan fingerprint density at radius 2 is 2.19 bits per heavy atom. The average molecular weight is 455 g/mol. The molecule has 1 saturated heterocycles. The maximum Gasteiger partial charge on any atom is 0.312 e. The van der Waals surface area contributed by atoms with E-state index in [-0.39, 0.29) is 36.3 Å². The molecule has 8 nitrogen and oxygen atoms in total. The van der Waals surface area contributed by atoms with Crippen LogP contribution in [0.5, 0.6) is 0 Å². The number of ether oxygens (including phenoxy) is 3. The molecule has 0 N–H and O–H groups in total. The number of fused-ring (bicyclic) bond motifs is 1. The lowest BCUT2D eigenvalue weighted by atomic mass is 9.75. The van der Waals surface area contributed by atoms with Crippen molar-refractivity contribution in [1.29, 1.82) is 0 Å². The fourth-order valence-electron chi connectivity index (χ4n) is 3.93. The number of nitrogens with zero attached hydrogens (tertiary/aromatic N) is 2. The number of esters is 1. The standard InChI is InChI=1S/C21H27FN2O6S/c1-20(2,3)30-19(25)9-18-23-21(16-8-14(24(26)27)5-6-17(16)22)12-29-15(10-28-4)7-13(21)11-31-18/h5-6,8,13,15H,7,9-12H2,1-4H3/t13-,15+,21-/m0/s1. The van der Waals surface area contributed by atoms with Crippen molar-refractivity contribution in [3.05, 3.63) is 39.7 Å². The highest BCUT2D eigenvalue weighted by Gasteiger charge is 2.50. The van der Waals surface area contributed by atoms with Gasteiger partial charge in [-0.05, 0) is 33.3 Å². The van der Waals surface area contributed by atoms with E-state index in [1.54, 1.807) is 27.9 Å². The van der Waals surface area contributed by atoms with Gasteiger partial charge in [-0.2, -0.15) is 0 Å². The van der Waals surface area contributed by atoms with E-state index in [4.69, 9.17) is 19.2 Å². The molecule has 1 aromatic carbocycles. The summed E-state index contributed by atoms with van der Waals surface area (Å²) in [5.74, 6) is -0.573. The second-order valence-corrected chi connectivity index (χ2v) is 9.84. The maximum absolute atomic E-state index is 15.0. The quantitative estimate of drug-likeness (QED) is 0.365. The number of thioether (sulfide) groups is 1. The maximum atomic E-state index is 15.0. The molecule has 0 aromatic heterocycles. The summed E-state index contributed by atoms with van der Waals surface area (Å²) in [4.78, 5) is 27.9. The zero-order chi connectivity index (χ0) is 22.8. The highest BCUT2D eigenvalue weighted by molar-refractivity contribution is 8.14. The molecule has 0 unspecified atom stereocenters. The fraction of sp³-hybridized carbons (Fsp3) is 0.619. The Morgan fingerprint density at radius 1 is 1.45 bits per heavy atom. The number of non-ortho nitro benzene ring substituents is 1. The number of hydrogen-bond acceptors (Lipinski definition) is 8. The largest absolute Gasteiger partial charge is 0.460 e. The van der Waals surface area contributed by atoms with Gasteiger partial charge >= 0.3 is 5.97 Å². The van der Waals surface area contributed by atoms with Gasteiger partial charge in [0.15, 0.2) is 0 Å². The summed E-state index contributed by atoms with van der Waals surface area (Å²) in [5, 5.41) is 11.8. The van der Waals surface area contributed by atoms with E-state index >= 15 is 0 Å². The van der Waals surface area contributed by atoms with Crippen LogP contribution in [-0.2, 0) is 24.5 Å². The smallest absolute Gasteiger partial charge is 0.312 e. The van der Waals surface area contributed by atoms with Crippen LogP contribution in [0, 0.1) is 21.8 Å². The van der Waals surface area contributed by atoms with Crippen LogP contribution in [0.4, 0.5) is 10.1 Å². The van der Waals surface area contributed by atoms with Crippen molar-refractivity contribution >= 4 is 28.5 Å². The molecule has 0 amide bonds. The zero-order valence-corrected chi connectivity index (χ0v) is 18.9. The van der Waals surface area contributed by atoms with Crippen molar-refractivity contribution in [1.82, 2.24) is 0 Å². The topological polar surface area (TPSA) is 100 Å². The summed E-state index contributed by atoms with van der Waals surface area (Å²) in [6.07, 6.45) is 0.341. The summed E-state index contributed by atoms with van der Waals surface area (Å²) in [6.45, 7) is 5.77. The number of benzene rings is 1. The molecule has 3 atom stereocenters. The molecule has 31 heavy (non-hydrogen) atoms. The van der Waals surface area contributed by atoms with Crippen molar-refractivity contribution in [2.45, 2.75) is 50.9 Å². The van der Waals surface area contributed by atoms with E-state index in [1.165, 1.54) is 17.8 Å².